The van der Waals surface area contributed by atoms with E-state index in [0.29, 0.717) is 0 Å². The van der Waals surface area contributed by atoms with Gasteiger partial charge in [-0.05, 0) is 12.1 Å². The van der Waals surface area contributed by atoms with Crippen molar-refractivity contribution < 1.29 is 18.5 Å². The van der Waals surface area contributed by atoms with Crippen LogP contribution < -0.4 is 5.32 Å². The fourth-order valence-electron chi connectivity index (χ4n) is 1.15. The number of amides is 1. The maximum Gasteiger partial charge on any atom is 0.300 e. The molecular formula is C9H7ClF2N2O3. The fraction of sp³-hybridized carbons (Fsp3) is 0.222. The summed E-state index contributed by atoms with van der Waals surface area (Å²) in [7, 11) is 0. The molecule has 0 aliphatic carbocycles. The van der Waals surface area contributed by atoms with Crippen LogP contribution in [0.3, 0.4) is 0 Å². The molecule has 17 heavy (non-hydrogen) atoms. The second-order valence-corrected chi connectivity index (χ2v) is 3.40. The van der Waals surface area contributed by atoms with E-state index < -0.39 is 29.5 Å². The summed E-state index contributed by atoms with van der Waals surface area (Å²) in [4.78, 5) is 21.3. The van der Waals surface area contributed by atoms with Crippen molar-refractivity contribution in [1.82, 2.24) is 5.32 Å². The van der Waals surface area contributed by atoms with Crippen LogP contribution in [0, 0.1) is 10.1 Å². The van der Waals surface area contributed by atoms with Crippen LogP contribution in [0.4, 0.5) is 14.5 Å². The highest BCUT2D eigenvalue weighted by molar-refractivity contribution is 6.33. The van der Waals surface area contributed by atoms with E-state index >= 15 is 0 Å². The molecule has 0 saturated carbocycles. The summed E-state index contributed by atoms with van der Waals surface area (Å²) in [6, 6.07) is 3.71. The summed E-state index contributed by atoms with van der Waals surface area (Å²) in [5, 5.41) is 12.3. The SMILES string of the molecule is O=C(NCC(F)F)c1cccc(Cl)c1[N+](=O)[O-]. The monoisotopic (exact) mass is 264 g/mol. The Balaban J connectivity index is 3.01. The lowest BCUT2D eigenvalue weighted by Gasteiger charge is -2.05. The van der Waals surface area contributed by atoms with E-state index in [1.807, 2.05) is 5.32 Å². The van der Waals surface area contributed by atoms with E-state index in [2.05, 4.69) is 0 Å². The molecule has 8 heteroatoms. The Morgan fingerprint density at radius 2 is 2.18 bits per heavy atom. The van der Waals surface area contributed by atoms with Crippen molar-refractivity contribution in [3.63, 3.8) is 0 Å². The van der Waals surface area contributed by atoms with E-state index in [-0.39, 0.29) is 10.6 Å². The Morgan fingerprint density at radius 1 is 1.53 bits per heavy atom. The molecule has 0 bridgehead atoms. The quantitative estimate of drug-likeness (QED) is 0.669. The van der Waals surface area contributed by atoms with Crippen molar-refractivity contribution in [3.8, 4) is 0 Å². The Hall–Kier alpha value is -1.76. The van der Waals surface area contributed by atoms with Crippen LogP contribution in [0.2, 0.25) is 5.02 Å². The Labute approximate surface area is 99.5 Å². The molecule has 1 aromatic rings. The number of nitro benzene ring substituents is 1. The van der Waals surface area contributed by atoms with Crippen molar-refractivity contribution in [3.05, 3.63) is 38.9 Å². The molecule has 0 aliphatic rings. The molecule has 1 aromatic carbocycles. The molecule has 0 saturated heterocycles. The average Bonchev–Trinajstić information content (AvgIpc) is 2.24. The lowest BCUT2D eigenvalue weighted by molar-refractivity contribution is -0.385. The lowest BCUT2D eigenvalue weighted by Crippen LogP contribution is -2.29. The zero-order valence-corrected chi connectivity index (χ0v) is 9.08. The van der Waals surface area contributed by atoms with Crippen molar-refractivity contribution >= 4 is 23.2 Å². The molecule has 0 radical (unpaired) electrons. The van der Waals surface area contributed by atoms with Gasteiger partial charge in [0.25, 0.3) is 12.3 Å². The Kier molecular flexibility index (Phi) is 4.33. The highest BCUT2D eigenvalue weighted by Crippen LogP contribution is 2.27. The third-order valence-corrected chi connectivity index (χ3v) is 2.14. The summed E-state index contributed by atoms with van der Waals surface area (Å²) in [6.07, 6.45) is -2.72. The number of nitro groups is 1. The summed E-state index contributed by atoms with van der Waals surface area (Å²) < 4.78 is 23.7. The van der Waals surface area contributed by atoms with Gasteiger partial charge in [0, 0.05) is 0 Å². The molecule has 0 atom stereocenters. The molecule has 0 unspecified atom stereocenters. The molecule has 0 spiro atoms. The Morgan fingerprint density at radius 3 is 2.71 bits per heavy atom. The molecule has 0 heterocycles. The van der Waals surface area contributed by atoms with Gasteiger partial charge in [0.05, 0.1) is 11.5 Å². The molecular weight excluding hydrogens is 258 g/mol. The number of nitrogens with one attached hydrogen (secondary N) is 1. The van der Waals surface area contributed by atoms with Gasteiger partial charge in [-0.2, -0.15) is 0 Å². The van der Waals surface area contributed by atoms with E-state index in [4.69, 9.17) is 11.6 Å². The maximum absolute atomic E-state index is 11.9. The number of nitrogens with zero attached hydrogens (tertiary/aromatic N) is 1. The maximum atomic E-state index is 11.9. The summed E-state index contributed by atoms with van der Waals surface area (Å²) in [5.74, 6) is -0.959. The second kappa shape index (κ2) is 5.53. The number of halogens is 3. The number of para-hydroxylation sites is 1. The molecule has 0 aromatic heterocycles. The summed E-state index contributed by atoms with van der Waals surface area (Å²) in [5.41, 5.74) is -0.941. The van der Waals surface area contributed by atoms with Crippen LogP contribution in [0.5, 0.6) is 0 Å². The predicted octanol–water partition coefficient (Wildman–Crippen LogP) is 2.24. The first-order valence-corrected chi connectivity index (χ1v) is 4.80. The topological polar surface area (TPSA) is 72.2 Å². The number of hydrogen-bond donors (Lipinski definition) is 1. The first-order valence-electron chi connectivity index (χ1n) is 4.42. The molecule has 1 amide bonds. The molecule has 0 aliphatic heterocycles. The van der Waals surface area contributed by atoms with Gasteiger partial charge in [-0.3, -0.25) is 14.9 Å². The third kappa shape index (κ3) is 3.35. The minimum absolute atomic E-state index is 0.223. The number of carbonyl (C=O) groups excluding carboxylic acids is 1. The van der Waals surface area contributed by atoms with Crippen molar-refractivity contribution in [2.75, 3.05) is 6.54 Å². The largest absolute Gasteiger partial charge is 0.346 e. The molecule has 0 fully saturated rings. The van der Waals surface area contributed by atoms with Crippen molar-refractivity contribution in [2.45, 2.75) is 6.43 Å². The number of benzene rings is 1. The van der Waals surface area contributed by atoms with E-state index in [1.54, 1.807) is 0 Å². The zero-order chi connectivity index (χ0) is 13.0. The molecule has 1 N–H and O–H groups in total. The summed E-state index contributed by atoms with van der Waals surface area (Å²) in [6.45, 7) is -0.873. The van der Waals surface area contributed by atoms with Crippen molar-refractivity contribution in [1.29, 1.82) is 0 Å². The number of rotatable bonds is 4. The standard InChI is InChI=1S/C9H7ClF2N2O3/c10-6-3-1-2-5(8(6)14(16)17)9(15)13-4-7(11)12/h1-3,7H,4H2,(H,13,15). The smallest absolute Gasteiger partial charge is 0.300 e. The first-order chi connectivity index (χ1) is 7.93. The van der Waals surface area contributed by atoms with Gasteiger partial charge >= 0.3 is 5.69 Å². The number of carbonyl (C=O) groups is 1. The van der Waals surface area contributed by atoms with Gasteiger partial charge in [0.2, 0.25) is 0 Å². The fourth-order valence-corrected chi connectivity index (χ4v) is 1.39. The Bertz CT molecular complexity index is 454. The second-order valence-electron chi connectivity index (χ2n) is 2.99. The van der Waals surface area contributed by atoms with Crippen LogP contribution in [0.1, 0.15) is 10.4 Å². The minimum Gasteiger partial charge on any atom is -0.346 e. The minimum atomic E-state index is -2.72. The normalized spacial score (nSPS) is 10.4. The van der Waals surface area contributed by atoms with Gasteiger partial charge in [-0.15, -0.1) is 0 Å². The number of hydrogen-bond acceptors (Lipinski definition) is 3. The molecule has 1 rings (SSSR count). The van der Waals surface area contributed by atoms with Crippen LogP contribution in [-0.4, -0.2) is 23.8 Å². The molecule has 92 valence electrons. The highest BCUT2D eigenvalue weighted by atomic mass is 35.5. The predicted molar refractivity (Wildman–Crippen MR) is 56.4 cm³/mol. The van der Waals surface area contributed by atoms with Gasteiger partial charge in [-0.25, -0.2) is 8.78 Å². The van der Waals surface area contributed by atoms with Crippen LogP contribution in [0.15, 0.2) is 18.2 Å². The van der Waals surface area contributed by atoms with Crippen LogP contribution >= 0.6 is 11.6 Å². The van der Waals surface area contributed by atoms with Crippen molar-refractivity contribution in [2.24, 2.45) is 0 Å². The van der Waals surface area contributed by atoms with E-state index in [9.17, 15) is 23.7 Å². The third-order valence-electron chi connectivity index (χ3n) is 1.83. The zero-order valence-electron chi connectivity index (χ0n) is 8.32. The first kappa shape index (κ1) is 13.3. The van der Waals surface area contributed by atoms with E-state index in [0.717, 1.165) is 6.07 Å². The van der Waals surface area contributed by atoms with Gasteiger partial charge < -0.3 is 5.32 Å². The van der Waals surface area contributed by atoms with Gasteiger partial charge in [-0.1, -0.05) is 17.7 Å². The van der Waals surface area contributed by atoms with Gasteiger partial charge in [0.15, 0.2) is 0 Å². The lowest BCUT2D eigenvalue weighted by atomic mass is 10.1. The molecule has 5 nitrogen and oxygen atoms in total. The van der Waals surface area contributed by atoms with Crippen LogP contribution in [-0.2, 0) is 0 Å². The number of alkyl halides is 2. The van der Waals surface area contributed by atoms with Gasteiger partial charge in [0.1, 0.15) is 10.6 Å². The highest BCUT2D eigenvalue weighted by Gasteiger charge is 2.23. The summed E-state index contributed by atoms with van der Waals surface area (Å²) >= 11 is 5.56. The van der Waals surface area contributed by atoms with E-state index in [1.165, 1.54) is 12.1 Å². The average molecular weight is 265 g/mol. The van der Waals surface area contributed by atoms with Crippen LogP contribution in [0.25, 0.3) is 0 Å².